The van der Waals surface area contributed by atoms with Crippen LogP contribution in [0, 0.1) is 11.8 Å². The van der Waals surface area contributed by atoms with E-state index in [1.165, 1.54) is 6.42 Å². The number of rotatable bonds is 3. The van der Waals surface area contributed by atoms with Crippen molar-refractivity contribution in [3.8, 4) is 0 Å². The molecule has 96 valence electrons. The van der Waals surface area contributed by atoms with Crippen LogP contribution in [0.5, 0.6) is 0 Å². The molecule has 3 rings (SSSR count). The molecule has 0 radical (unpaired) electrons. The number of esters is 1. The zero-order valence-electron chi connectivity index (χ0n) is 10.2. The Morgan fingerprint density at radius 2 is 2.06 bits per heavy atom. The normalized spacial score (nSPS) is 37.3. The van der Waals surface area contributed by atoms with Crippen LogP contribution in [-0.2, 0) is 14.3 Å². The summed E-state index contributed by atoms with van der Waals surface area (Å²) < 4.78 is 10.8. The highest BCUT2D eigenvalue weighted by Crippen LogP contribution is 2.34. The monoisotopic (exact) mass is 239 g/mol. The molecule has 0 amide bonds. The second kappa shape index (κ2) is 4.94. The van der Waals surface area contributed by atoms with Crippen LogP contribution in [0.2, 0.25) is 0 Å². The van der Waals surface area contributed by atoms with Crippen molar-refractivity contribution in [2.45, 2.75) is 44.2 Å². The molecule has 3 aliphatic rings. The summed E-state index contributed by atoms with van der Waals surface area (Å²) in [7, 11) is 0. The van der Waals surface area contributed by atoms with Crippen LogP contribution in [0.4, 0.5) is 0 Å². The molecule has 3 aliphatic heterocycles. The summed E-state index contributed by atoms with van der Waals surface area (Å²) in [5.41, 5.74) is 0. The third kappa shape index (κ3) is 2.47. The van der Waals surface area contributed by atoms with Gasteiger partial charge in [0.1, 0.15) is 0 Å². The molecule has 4 nitrogen and oxygen atoms in total. The minimum atomic E-state index is 0.0243. The molecular weight excluding hydrogens is 218 g/mol. The number of nitrogens with one attached hydrogen (secondary N) is 1. The van der Waals surface area contributed by atoms with E-state index in [-0.39, 0.29) is 11.9 Å². The largest absolute Gasteiger partial charge is 0.465 e. The molecule has 0 aromatic rings. The van der Waals surface area contributed by atoms with E-state index in [4.69, 9.17) is 9.47 Å². The Kier molecular flexibility index (Phi) is 3.34. The molecule has 3 heterocycles. The fourth-order valence-electron chi connectivity index (χ4n) is 3.30. The first-order chi connectivity index (χ1) is 8.33. The first kappa shape index (κ1) is 11.5. The molecule has 17 heavy (non-hydrogen) atoms. The fraction of sp³-hybridized carbons (Fsp3) is 0.923. The number of fused-ring (bicyclic) bond motifs is 2. The summed E-state index contributed by atoms with van der Waals surface area (Å²) in [5.74, 6) is 0.657. The van der Waals surface area contributed by atoms with Crippen LogP contribution < -0.4 is 5.32 Å². The van der Waals surface area contributed by atoms with Gasteiger partial charge in [0.25, 0.3) is 0 Å². The zero-order chi connectivity index (χ0) is 11.7. The third-order valence-corrected chi connectivity index (χ3v) is 4.40. The standard InChI is InChI=1S/C13H21NO3/c15-13(11-7-10-1-2-12(11)14-10)17-8-9-3-5-16-6-4-9/h9-12,14H,1-8H2. The van der Waals surface area contributed by atoms with E-state index in [9.17, 15) is 4.79 Å². The third-order valence-electron chi connectivity index (χ3n) is 4.40. The Balaban J connectivity index is 1.44. The number of hydrogen-bond donors (Lipinski definition) is 1. The highest BCUT2D eigenvalue weighted by atomic mass is 16.5. The number of hydrogen-bond acceptors (Lipinski definition) is 4. The van der Waals surface area contributed by atoms with Gasteiger partial charge in [-0.05, 0) is 38.0 Å². The summed E-state index contributed by atoms with van der Waals surface area (Å²) in [4.78, 5) is 12.0. The minimum absolute atomic E-state index is 0.0243. The maximum atomic E-state index is 12.0. The van der Waals surface area contributed by atoms with E-state index in [0.29, 0.717) is 24.6 Å². The van der Waals surface area contributed by atoms with E-state index < -0.39 is 0 Å². The highest BCUT2D eigenvalue weighted by molar-refractivity contribution is 5.74. The van der Waals surface area contributed by atoms with Gasteiger partial charge in [-0.1, -0.05) is 0 Å². The van der Waals surface area contributed by atoms with E-state index in [0.717, 1.165) is 38.9 Å². The second-order valence-electron chi connectivity index (χ2n) is 5.58. The number of carbonyl (C=O) groups is 1. The summed E-state index contributed by atoms with van der Waals surface area (Å²) in [6.45, 7) is 2.23. The molecule has 0 saturated carbocycles. The van der Waals surface area contributed by atoms with E-state index in [2.05, 4.69) is 5.32 Å². The molecule has 3 unspecified atom stereocenters. The molecular formula is C13H21NO3. The van der Waals surface area contributed by atoms with E-state index >= 15 is 0 Å². The lowest BCUT2D eigenvalue weighted by molar-refractivity contribution is -0.151. The molecule has 0 aromatic heterocycles. The van der Waals surface area contributed by atoms with E-state index in [1.54, 1.807) is 0 Å². The van der Waals surface area contributed by atoms with Gasteiger partial charge in [0, 0.05) is 25.3 Å². The maximum Gasteiger partial charge on any atom is 0.310 e. The molecule has 3 atom stereocenters. The summed E-state index contributed by atoms with van der Waals surface area (Å²) in [6.07, 6.45) is 5.41. The molecule has 0 spiro atoms. The Labute approximate surface area is 102 Å². The Bertz CT molecular complexity index is 288. The second-order valence-corrected chi connectivity index (χ2v) is 5.58. The van der Waals surface area contributed by atoms with Gasteiger partial charge in [-0.2, -0.15) is 0 Å². The van der Waals surface area contributed by atoms with Crippen molar-refractivity contribution in [1.29, 1.82) is 0 Å². The summed E-state index contributed by atoms with van der Waals surface area (Å²) in [6, 6.07) is 0.961. The van der Waals surface area contributed by atoms with Crippen molar-refractivity contribution >= 4 is 5.97 Å². The van der Waals surface area contributed by atoms with Gasteiger partial charge in [0.2, 0.25) is 0 Å². The van der Waals surface area contributed by atoms with Gasteiger partial charge in [-0.25, -0.2) is 0 Å². The van der Waals surface area contributed by atoms with Crippen LogP contribution in [0.15, 0.2) is 0 Å². The smallest absolute Gasteiger partial charge is 0.310 e. The predicted octanol–water partition coefficient (Wildman–Crippen LogP) is 1.10. The molecule has 0 aliphatic carbocycles. The van der Waals surface area contributed by atoms with Crippen molar-refractivity contribution in [1.82, 2.24) is 5.32 Å². The van der Waals surface area contributed by atoms with Crippen molar-refractivity contribution < 1.29 is 14.3 Å². The molecule has 3 saturated heterocycles. The minimum Gasteiger partial charge on any atom is -0.465 e. The Hall–Kier alpha value is -0.610. The highest BCUT2D eigenvalue weighted by Gasteiger charge is 2.43. The van der Waals surface area contributed by atoms with Gasteiger partial charge < -0.3 is 14.8 Å². The van der Waals surface area contributed by atoms with Crippen molar-refractivity contribution in [3.63, 3.8) is 0 Å². The van der Waals surface area contributed by atoms with Gasteiger partial charge in [0.15, 0.2) is 0 Å². The molecule has 0 aromatic carbocycles. The summed E-state index contributed by atoms with van der Waals surface area (Å²) in [5, 5.41) is 3.48. The van der Waals surface area contributed by atoms with Gasteiger partial charge in [0.05, 0.1) is 12.5 Å². The fourth-order valence-corrected chi connectivity index (χ4v) is 3.30. The molecule has 4 heteroatoms. The zero-order valence-corrected chi connectivity index (χ0v) is 10.2. The van der Waals surface area contributed by atoms with Crippen LogP contribution in [-0.4, -0.2) is 37.9 Å². The lowest BCUT2D eigenvalue weighted by Crippen LogP contribution is -2.31. The summed E-state index contributed by atoms with van der Waals surface area (Å²) >= 11 is 0. The van der Waals surface area contributed by atoms with Crippen LogP contribution in [0.3, 0.4) is 0 Å². The van der Waals surface area contributed by atoms with Crippen LogP contribution in [0.25, 0.3) is 0 Å². The molecule has 3 fully saturated rings. The molecule has 2 bridgehead atoms. The lowest BCUT2D eigenvalue weighted by atomic mass is 9.89. The van der Waals surface area contributed by atoms with Crippen molar-refractivity contribution in [2.75, 3.05) is 19.8 Å². The van der Waals surface area contributed by atoms with Gasteiger partial charge in [-0.3, -0.25) is 4.79 Å². The average molecular weight is 239 g/mol. The lowest BCUT2D eigenvalue weighted by Gasteiger charge is -2.24. The van der Waals surface area contributed by atoms with Gasteiger partial charge >= 0.3 is 5.97 Å². The van der Waals surface area contributed by atoms with Crippen LogP contribution >= 0.6 is 0 Å². The Morgan fingerprint density at radius 3 is 2.71 bits per heavy atom. The van der Waals surface area contributed by atoms with Crippen molar-refractivity contribution in [2.24, 2.45) is 11.8 Å². The first-order valence-corrected chi connectivity index (χ1v) is 6.83. The predicted molar refractivity (Wildman–Crippen MR) is 62.6 cm³/mol. The number of carbonyl (C=O) groups excluding carboxylic acids is 1. The van der Waals surface area contributed by atoms with Crippen LogP contribution in [0.1, 0.15) is 32.1 Å². The van der Waals surface area contributed by atoms with E-state index in [1.807, 2.05) is 0 Å². The molecule has 1 N–H and O–H groups in total. The SMILES string of the molecule is O=C(OCC1CCOCC1)C1CC2CCC1N2. The topological polar surface area (TPSA) is 47.6 Å². The van der Waals surface area contributed by atoms with Crippen molar-refractivity contribution in [3.05, 3.63) is 0 Å². The average Bonchev–Trinajstić information content (AvgIpc) is 2.99. The number of ether oxygens (including phenoxy) is 2. The maximum absolute atomic E-state index is 12.0. The first-order valence-electron chi connectivity index (χ1n) is 6.83. The quantitative estimate of drug-likeness (QED) is 0.749. The van der Waals surface area contributed by atoms with Gasteiger partial charge in [-0.15, -0.1) is 0 Å². The Morgan fingerprint density at radius 1 is 1.24 bits per heavy atom.